The average molecular weight is 459 g/mol. The van der Waals surface area contributed by atoms with Gasteiger partial charge in [-0.25, -0.2) is 0 Å². The van der Waals surface area contributed by atoms with Gasteiger partial charge in [0.1, 0.15) is 23.8 Å². The molecule has 0 saturated heterocycles. The van der Waals surface area contributed by atoms with Crippen molar-refractivity contribution < 1.29 is 18.7 Å². The number of amides is 2. The molecule has 0 aliphatic carbocycles. The highest BCUT2D eigenvalue weighted by Gasteiger charge is 2.14. The number of anilines is 2. The zero-order valence-corrected chi connectivity index (χ0v) is 19.3. The van der Waals surface area contributed by atoms with Crippen LogP contribution >= 0.6 is 0 Å². The Morgan fingerprint density at radius 3 is 2.35 bits per heavy atom. The Labute approximate surface area is 197 Å². The zero-order chi connectivity index (χ0) is 24.1. The Bertz CT molecular complexity index is 1300. The lowest BCUT2D eigenvalue weighted by Crippen LogP contribution is -2.17. The number of ether oxygens (including phenoxy) is 1. The Kier molecular flexibility index (Phi) is 6.77. The molecule has 34 heavy (non-hydrogen) atoms. The van der Waals surface area contributed by atoms with Crippen LogP contribution in [0.15, 0.2) is 71.3 Å². The third-order valence-electron chi connectivity index (χ3n) is 5.09. The number of rotatable bonds is 8. The van der Waals surface area contributed by atoms with Crippen LogP contribution in [-0.4, -0.2) is 21.6 Å². The van der Waals surface area contributed by atoms with Crippen molar-refractivity contribution in [1.29, 1.82) is 0 Å². The van der Waals surface area contributed by atoms with Crippen molar-refractivity contribution in [3.8, 4) is 5.75 Å². The summed E-state index contributed by atoms with van der Waals surface area (Å²) in [6.07, 6.45) is 1.58. The summed E-state index contributed by atoms with van der Waals surface area (Å²) in [7, 11) is 0. The predicted molar refractivity (Wildman–Crippen MR) is 129 cm³/mol. The number of aromatic nitrogens is 2. The fraction of sp³-hybridized carbons (Fsp3) is 0.192. The second-order valence-electron chi connectivity index (χ2n) is 7.90. The molecule has 2 aromatic carbocycles. The maximum absolute atomic E-state index is 12.7. The van der Waals surface area contributed by atoms with Gasteiger partial charge in [0.15, 0.2) is 5.76 Å². The van der Waals surface area contributed by atoms with Crippen LogP contribution in [0.3, 0.4) is 0 Å². The van der Waals surface area contributed by atoms with Crippen LogP contribution in [-0.2, 0) is 13.2 Å². The highest BCUT2D eigenvalue weighted by atomic mass is 16.5. The van der Waals surface area contributed by atoms with E-state index < -0.39 is 5.91 Å². The first-order valence-corrected chi connectivity index (χ1v) is 11.0. The normalized spacial score (nSPS) is 10.7. The van der Waals surface area contributed by atoms with E-state index in [9.17, 15) is 9.59 Å². The number of nitrogens with one attached hydrogen (secondary N) is 2. The van der Waals surface area contributed by atoms with Gasteiger partial charge in [-0.1, -0.05) is 12.1 Å². The van der Waals surface area contributed by atoms with Gasteiger partial charge in [-0.05, 0) is 80.4 Å². The second-order valence-corrected chi connectivity index (χ2v) is 7.90. The molecule has 4 aromatic rings. The van der Waals surface area contributed by atoms with E-state index in [1.165, 1.54) is 0 Å². The van der Waals surface area contributed by atoms with Crippen molar-refractivity contribution in [3.63, 3.8) is 0 Å². The van der Waals surface area contributed by atoms with E-state index in [0.29, 0.717) is 29.4 Å². The smallest absolute Gasteiger partial charge is 0.291 e. The first-order chi connectivity index (χ1) is 16.4. The Morgan fingerprint density at radius 2 is 1.65 bits per heavy atom. The quantitative estimate of drug-likeness (QED) is 0.378. The summed E-state index contributed by atoms with van der Waals surface area (Å²) in [5, 5.41) is 9.72. The minimum atomic E-state index is -0.398. The molecule has 8 nitrogen and oxygen atoms in total. The van der Waals surface area contributed by atoms with E-state index in [1.807, 2.05) is 32.9 Å². The van der Waals surface area contributed by atoms with Crippen LogP contribution in [0, 0.1) is 13.8 Å². The molecule has 4 rings (SSSR count). The van der Waals surface area contributed by atoms with Crippen LogP contribution in [0.25, 0.3) is 0 Å². The standard InChI is InChI=1S/C26H26N4O4/c1-4-30-23(10-11-27-30)25(31)28-19-6-5-7-20(15-19)29-26(32)24-9-8-21(34-24)16-33-22-13-17(2)12-18(3)14-22/h5-15H,4,16H2,1-3H3,(H,28,31)(H,29,32). The molecule has 0 unspecified atom stereocenters. The maximum Gasteiger partial charge on any atom is 0.291 e. The molecule has 0 aliphatic rings. The van der Waals surface area contributed by atoms with Gasteiger partial charge in [0.2, 0.25) is 0 Å². The summed E-state index contributed by atoms with van der Waals surface area (Å²) >= 11 is 0. The molecular formula is C26H26N4O4. The second kappa shape index (κ2) is 10.1. The van der Waals surface area contributed by atoms with Gasteiger partial charge in [-0.3, -0.25) is 14.3 Å². The van der Waals surface area contributed by atoms with E-state index in [1.54, 1.807) is 53.3 Å². The number of hydrogen-bond donors (Lipinski definition) is 2. The van der Waals surface area contributed by atoms with Gasteiger partial charge in [0.05, 0.1) is 0 Å². The summed E-state index contributed by atoms with van der Waals surface area (Å²) < 4.78 is 13.1. The fourth-order valence-corrected chi connectivity index (χ4v) is 3.59. The molecule has 0 atom stereocenters. The Balaban J connectivity index is 1.36. The summed E-state index contributed by atoms with van der Waals surface area (Å²) in [4.78, 5) is 25.2. The lowest BCUT2D eigenvalue weighted by molar-refractivity contribution is 0.0990. The van der Waals surface area contributed by atoms with Crippen molar-refractivity contribution in [2.24, 2.45) is 0 Å². The van der Waals surface area contributed by atoms with Crippen molar-refractivity contribution in [3.05, 3.63) is 95.2 Å². The van der Waals surface area contributed by atoms with Gasteiger partial charge in [-0.2, -0.15) is 5.10 Å². The zero-order valence-electron chi connectivity index (χ0n) is 19.3. The van der Waals surface area contributed by atoms with Gasteiger partial charge in [-0.15, -0.1) is 0 Å². The van der Waals surface area contributed by atoms with Gasteiger partial charge in [0, 0.05) is 24.1 Å². The van der Waals surface area contributed by atoms with Crippen LogP contribution in [0.4, 0.5) is 11.4 Å². The van der Waals surface area contributed by atoms with Crippen molar-refractivity contribution in [2.75, 3.05) is 10.6 Å². The first kappa shape index (κ1) is 22.8. The molecule has 2 N–H and O–H groups in total. The Morgan fingerprint density at radius 1 is 0.941 bits per heavy atom. The molecule has 0 radical (unpaired) electrons. The summed E-state index contributed by atoms with van der Waals surface area (Å²) in [5.74, 6) is 0.784. The molecule has 174 valence electrons. The fourth-order valence-electron chi connectivity index (χ4n) is 3.59. The first-order valence-electron chi connectivity index (χ1n) is 11.0. The van der Waals surface area contributed by atoms with Crippen molar-refractivity contribution in [2.45, 2.75) is 33.9 Å². The minimum Gasteiger partial charge on any atom is -0.486 e. The predicted octanol–water partition coefficient (Wildman–Crippen LogP) is 5.20. The highest BCUT2D eigenvalue weighted by molar-refractivity contribution is 6.05. The molecule has 0 bridgehead atoms. The largest absolute Gasteiger partial charge is 0.486 e. The van der Waals surface area contributed by atoms with Gasteiger partial charge < -0.3 is 19.8 Å². The third-order valence-corrected chi connectivity index (χ3v) is 5.09. The number of carbonyl (C=O) groups is 2. The number of furan rings is 1. The molecule has 2 aromatic heterocycles. The number of nitrogens with zero attached hydrogens (tertiary/aromatic N) is 2. The molecular weight excluding hydrogens is 432 g/mol. The van der Waals surface area contributed by atoms with Crippen LogP contribution in [0.1, 0.15) is 44.9 Å². The van der Waals surface area contributed by atoms with E-state index in [2.05, 4.69) is 21.8 Å². The molecule has 2 heterocycles. The molecule has 2 amide bonds. The summed E-state index contributed by atoms with van der Waals surface area (Å²) in [6, 6.07) is 17.8. The third kappa shape index (κ3) is 5.53. The number of hydrogen-bond acceptors (Lipinski definition) is 5. The summed E-state index contributed by atoms with van der Waals surface area (Å²) in [6.45, 7) is 6.74. The lowest BCUT2D eigenvalue weighted by Gasteiger charge is -2.09. The summed E-state index contributed by atoms with van der Waals surface area (Å²) in [5.41, 5.74) is 3.76. The van der Waals surface area contributed by atoms with E-state index in [-0.39, 0.29) is 18.3 Å². The number of benzene rings is 2. The Hall–Kier alpha value is -4.33. The molecule has 0 spiro atoms. The van der Waals surface area contributed by atoms with Crippen molar-refractivity contribution in [1.82, 2.24) is 9.78 Å². The maximum atomic E-state index is 12.7. The van der Waals surface area contributed by atoms with E-state index >= 15 is 0 Å². The van der Waals surface area contributed by atoms with Crippen molar-refractivity contribution >= 4 is 23.2 Å². The highest BCUT2D eigenvalue weighted by Crippen LogP contribution is 2.20. The van der Waals surface area contributed by atoms with Crippen LogP contribution in [0.5, 0.6) is 5.75 Å². The monoisotopic (exact) mass is 458 g/mol. The van der Waals surface area contributed by atoms with E-state index in [4.69, 9.17) is 9.15 Å². The van der Waals surface area contributed by atoms with Gasteiger partial charge >= 0.3 is 0 Å². The molecule has 8 heteroatoms. The minimum absolute atomic E-state index is 0.167. The average Bonchev–Trinajstić information content (AvgIpc) is 3.47. The number of carbonyl (C=O) groups excluding carboxylic acids is 2. The van der Waals surface area contributed by atoms with E-state index in [0.717, 1.165) is 16.9 Å². The van der Waals surface area contributed by atoms with Crippen LogP contribution in [0.2, 0.25) is 0 Å². The topological polar surface area (TPSA) is 98.4 Å². The van der Waals surface area contributed by atoms with Gasteiger partial charge in [0.25, 0.3) is 11.8 Å². The number of aryl methyl sites for hydroxylation is 3. The molecule has 0 aliphatic heterocycles. The molecule has 0 fully saturated rings. The SMILES string of the molecule is CCn1nccc1C(=O)Nc1cccc(NC(=O)c2ccc(COc3cc(C)cc(C)c3)o2)c1. The molecule has 0 saturated carbocycles. The van der Waals surface area contributed by atoms with Crippen LogP contribution < -0.4 is 15.4 Å². The lowest BCUT2D eigenvalue weighted by atomic mass is 10.1.